The van der Waals surface area contributed by atoms with Crippen LogP contribution in [0.4, 0.5) is 0 Å². The Hall–Kier alpha value is -1.60. The SMILES string of the molecule is O=CNC(CCSCc1nc2ccccc2s1)C(=O)O. The molecule has 106 valence electrons. The maximum Gasteiger partial charge on any atom is 0.326 e. The van der Waals surface area contributed by atoms with Crippen LogP contribution in [0.2, 0.25) is 0 Å². The van der Waals surface area contributed by atoms with Gasteiger partial charge in [0, 0.05) is 5.75 Å². The zero-order chi connectivity index (χ0) is 14.4. The van der Waals surface area contributed by atoms with Gasteiger partial charge < -0.3 is 10.4 Å². The van der Waals surface area contributed by atoms with Gasteiger partial charge >= 0.3 is 5.97 Å². The van der Waals surface area contributed by atoms with Crippen LogP contribution in [0.15, 0.2) is 24.3 Å². The van der Waals surface area contributed by atoms with Crippen molar-refractivity contribution in [3.8, 4) is 0 Å². The number of carbonyl (C=O) groups excluding carboxylic acids is 1. The van der Waals surface area contributed by atoms with E-state index in [1.807, 2.05) is 24.3 Å². The number of thioether (sulfide) groups is 1. The van der Waals surface area contributed by atoms with Crippen molar-refractivity contribution in [2.24, 2.45) is 0 Å². The maximum absolute atomic E-state index is 10.8. The average Bonchev–Trinajstić information content (AvgIpc) is 2.84. The third-order valence-electron chi connectivity index (χ3n) is 2.68. The zero-order valence-electron chi connectivity index (χ0n) is 10.6. The molecule has 0 saturated heterocycles. The van der Waals surface area contributed by atoms with Gasteiger partial charge in [-0.15, -0.1) is 11.3 Å². The monoisotopic (exact) mass is 310 g/mol. The lowest BCUT2D eigenvalue weighted by molar-refractivity contribution is -0.140. The van der Waals surface area contributed by atoms with Gasteiger partial charge in [-0.25, -0.2) is 9.78 Å². The standard InChI is InChI=1S/C13H14N2O3S2/c16-8-14-10(13(17)18)5-6-19-7-12-15-9-3-1-2-4-11(9)20-12/h1-4,8,10H,5-7H2,(H,14,16)(H,17,18). The Labute approximate surface area is 124 Å². The van der Waals surface area contributed by atoms with Crippen LogP contribution < -0.4 is 5.32 Å². The van der Waals surface area contributed by atoms with Crippen LogP contribution in [0.1, 0.15) is 11.4 Å². The summed E-state index contributed by atoms with van der Waals surface area (Å²) < 4.78 is 1.16. The average molecular weight is 310 g/mol. The van der Waals surface area contributed by atoms with Crippen molar-refractivity contribution in [1.29, 1.82) is 0 Å². The van der Waals surface area contributed by atoms with E-state index in [9.17, 15) is 9.59 Å². The number of para-hydroxylation sites is 1. The fourth-order valence-electron chi connectivity index (χ4n) is 1.70. The summed E-state index contributed by atoms with van der Waals surface area (Å²) >= 11 is 3.27. The van der Waals surface area contributed by atoms with Gasteiger partial charge in [0.2, 0.25) is 6.41 Å². The van der Waals surface area contributed by atoms with E-state index in [2.05, 4.69) is 10.3 Å². The first-order valence-corrected chi connectivity index (χ1v) is 8.02. The Balaban J connectivity index is 1.80. The number of aromatic nitrogens is 1. The maximum atomic E-state index is 10.8. The molecule has 1 amide bonds. The molecule has 0 aliphatic rings. The normalized spacial score (nSPS) is 12.2. The Morgan fingerprint density at radius 2 is 2.30 bits per heavy atom. The van der Waals surface area contributed by atoms with Crippen molar-refractivity contribution in [2.45, 2.75) is 18.2 Å². The second-order valence-corrected chi connectivity index (χ2v) is 6.31. The van der Waals surface area contributed by atoms with Gasteiger partial charge in [-0.3, -0.25) is 4.79 Å². The molecule has 0 fully saturated rings. The predicted octanol–water partition coefficient (Wildman–Crippen LogP) is 2.12. The minimum absolute atomic E-state index is 0.406. The number of carboxylic acids is 1. The minimum atomic E-state index is -1.00. The van der Waals surface area contributed by atoms with E-state index in [-0.39, 0.29) is 0 Å². The van der Waals surface area contributed by atoms with Crippen molar-refractivity contribution < 1.29 is 14.7 Å². The first-order chi connectivity index (χ1) is 9.70. The third-order valence-corrected chi connectivity index (χ3v) is 4.90. The number of thiazole rings is 1. The molecule has 0 saturated carbocycles. The number of amides is 1. The third kappa shape index (κ3) is 3.94. The van der Waals surface area contributed by atoms with Crippen molar-refractivity contribution in [1.82, 2.24) is 10.3 Å². The largest absolute Gasteiger partial charge is 0.480 e. The molecule has 0 spiro atoms. The highest BCUT2D eigenvalue weighted by Crippen LogP contribution is 2.25. The van der Waals surface area contributed by atoms with Crippen molar-refractivity contribution in [3.05, 3.63) is 29.3 Å². The summed E-state index contributed by atoms with van der Waals surface area (Å²) in [5.41, 5.74) is 0.999. The molecule has 0 aliphatic carbocycles. The molecule has 1 unspecified atom stereocenters. The minimum Gasteiger partial charge on any atom is -0.480 e. The van der Waals surface area contributed by atoms with Gasteiger partial charge in [-0.05, 0) is 24.3 Å². The van der Waals surface area contributed by atoms with Gasteiger partial charge in [-0.2, -0.15) is 11.8 Å². The fraction of sp³-hybridized carbons (Fsp3) is 0.308. The van der Waals surface area contributed by atoms with Crippen molar-refractivity contribution >= 4 is 45.7 Å². The predicted molar refractivity (Wildman–Crippen MR) is 81.0 cm³/mol. The summed E-state index contributed by atoms with van der Waals surface area (Å²) in [6.07, 6.45) is 0.834. The number of hydrogen-bond acceptors (Lipinski definition) is 5. The lowest BCUT2D eigenvalue weighted by Crippen LogP contribution is -2.36. The number of aliphatic carboxylic acids is 1. The second kappa shape index (κ2) is 7.25. The highest BCUT2D eigenvalue weighted by molar-refractivity contribution is 7.98. The van der Waals surface area contributed by atoms with Crippen LogP contribution in [0.25, 0.3) is 10.2 Å². The van der Waals surface area contributed by atoms with Crippen LogP contribution >= 0.6 is 23.1 Å². The van der Waals surface area contributed by atoms with E-state index in [1.165, 1.54) is 0 Å². The quantitative estimate of drug-likeness (QED) is 0.577. The molecule has 0 bridgehead atoms. The van der Waals surface area contributed by atoms with E-state index in [4.69, 9.17) is 5.11 Å². The molecule has 7 heteroatoms. The van der Waals surface area contributed by atoms with Crippen LogP contribution in [-0.2, 0) is 15.3 Å². The smallest absolute Gasteiger partial charge is 0.326 e. The highest BCUT2D eigenvalue weighted by atomic mass is 32.2. The molecule has 2 aromatic rings. The number of nitrogens with one attached hydrogen (secondary N) is 1. The summed E-state index contributed by atoms with van der Waals surface area (Å²) in [5, 5.41) is 12.2. The van der Waals surface area contributed by atoms with Crippen LogP contribution in [0, 0.1) is 0 Å². The summed E-state index contributed by atoms with van der Waals surface area (Å²) in [6, 6.07) is 7.15. The molecule has 2 rings (SSSR count). The van der Waals surface area contributed by atoms with E-state index in [0.717, 1.165) is 21.0 Å². The molecule has 20 heavy (non-hydrogen) atoms. The van der Waals surface area contributed by atoms with Gasteiger partial charge in [-0.1, -0.05) is 12.1 Å². The van der Waals surface area contributed by atoms with E-state index < -0.39 is 12.0 Å². The second-order valence-electron chi connectivity index (χ2n) is 4.09. The molecule has 1 atom stereocenters. The molecule has 0 aliphatic heterocycles. The highest BCUT2D eigenvalue weighted by Gasteiger charge is 2.15. The zero-order valence-corrected chi connectivity index (χ0v) is 12.2. The molecule has 1 aromatic heterocycles. The Morgan fingerprint density at radius 1 is 1.50 bits per heavy atom. The topological polar surface area (TPSA) is 79.3 Å². The molecule has 2 N–H and O–H groups in total. The van der Waals surface area contributed by atoms with Crippen molar-refractivity contribution in [3.63, 3.8) is 0 Å². The Kier molecular flexibility index (Phi) is 5.37. The lowest BCUT2D eigenvalue weighted by Gasteiger charge is -2.09. The number of rotatable bonds is 8. The molecule has 1 aromatic carbocycles. The van der Waals surface area contributed by atoms with E-state index in [0.29, 0.717) is 18.6 Å². The summed E-state index contributed by atoms with van der Waals surface area (Å²) in [6.45, 7) is 0. The molecular formula is C13H14N2O3S2. The van der Waals surface area contributed by atoms with E-state index >= 15 is 0 Å². The van der Waals surface area contributed by atoms with Crippen LogP contribution in [0.3, 0.4) is 0 Å². The summed E-state index contributed by atoms with van der Waals surface area (Å²) in [5.74, 6) is 0.415. The number of nitrogens with zero attached hydrogens (tertiary/aromatic N) is 1. The summed E-state index contributed by atoms with van der Waals surface area (Å²) in [7, 11) is 0. The summed E-state index contributed by atoms with van der Waals surface area (Å²) in [4.78, 5) is 25.6. The first kappa shape index (κ1) is 14.8. The number of hydrogen-bond donors (Lipinski definition) is 2. The van der Waals surface area contributed by atoms with Gasteiger partial charge in [0.1, 0.15) is 11.0 Å². The number of carboxylic acid groups (broad SMARTS) is 1. The first-order valence-electron chi connectivity index (χ1n) is 6.05. The number of fused-ring (bicyclic) bond motifs is 1. The molecule has 5 nitrogen and oxygen atoms in total. The van der Waals surface area contributed by atoms with Gasteiger partial charge in [0.25, 0.3) is 0 Å². The van der Waals surface area contributed by atoms with Gasteiger partial charge in [0.15, 0.2) is 0 Å². The number of carbonyl (C=O) groups is 2. The van der Waals surface area contributed by atoms with Crippen LogP contribution in [-0.4, -0.2) is 34.3 Å². The Bertz CT molecular complexity index is 567. The molecule has 0 radical (unpaired) electrons. The molecule has 1 heterocycles. The number of benzene rings is 1. The van der Waals surface area contributed by atoms with E-state index in [1.54, 1.807) is 23.1 Å². The van der Waals surface area contributed by atoms with Crippen molar-refractivity contribution in [2.75, 3.05) is 5.75 Å². The van der Waals surface area contributed by atoms with Gasteiger partial charge in [0.05, 0.1) is 10.2 Å². The fourth-order valence-corrected chi connectivity index (χ4v) is 3.74. The lowest BCUT2D eigenvalue weighted by atomic mass is 10.2. The molecular weight excluding hydrogens is 296 g/mol. The Morgan fingerprint density at radius 3 is 3.00 bits per heavy atom. The van der Waals surface area contributed by atoms with Crippen LogP contribution in [0.5, 0.6) is 0 Å².